The van der Waals surface area contributed by atoms with Gasteiger partial charge < -0.3 is 5.73 Å². The molecule has 2 fully saturated rings. The molecule has 5 atom stereocenters. The maximum Gasteiger partial charge on any atom is 0.238 e. The molecule has 1 saturated carbocycles. The van der Waals surface area contributed by atoms with Gasteiger partial charge in [-0.05, 0) is 48.8 Å². The monoisotopic (exact) mass is 419 g/mol. The van der Waals surface area contributed by atoms with Crippen molar-refractivity contribution in [2.24, 2.45) is 29.6 Å². The summed E-state index contributed by atoms with van der Waals surface area (Å²) in [6.07, 6.45) is 9.74. The van der Waals surface area contributed by atoms with E-state index >= 15 is 0 Å². The number of carbonyl (C=O) groups excluding carboxylic acids is 4. The van der Waals surface area contributed by atoms with Crippen LogP contribution in [0, 0.1) is 29.6 Å². The highest BCUT2D eigenvalue weighted by Gasteiger charge is 2.59. The minimum atomic E-state index is -0.326. The lowest BCUT2D eigenvalue weighted by Crippen LogP contribution is -2.38. The van der Waals surface area contributed by atoms with Crippen LogP contribution in [-0.4, -0.2) is 23.6 Å². The summed E-state index contributed by atoms with van der Waals surface area (Å²) in [6, 6.07) is 4.67. The molecule has 0 radical (unpaired) electrons. The maximum absolute atomic E-state index is 13.2. The minimum Gasteiger partial charge on any atom is -0.399 e. The topological polar surface area (TPSA) is 101 Å². The first-order chi connectivity index (χ1) is 14.8. The van der Waals surface area contributed by atoms with Gasteiger partial charge in [0.2, 0.25) is 23.6 Å². The predicted octanol–water partition coefficient (Wildman–Crippen LogP) is 2.82. The smallest absolute Gasteiger partial charge is 0.238 e. The van der Waals surface area contributed by atoms with Crippen molar-refractivity contribution in [2.75, 3.05) is 15.5 Å². The van der Waals surface area contributed by atoms with Crippen molar-refractivity contribution in [3.05, 3.63) is 42.5 Å². The van der Waals surface area contributed by atoms with E-state index in [4.69, 9.17) is 5.73 Å². The molecule has 2 aliphatic carbocycles. The van der Waals surface area contributed by atoms with Crippen molar-refractivity contribution >= 4 is 40.7 Å². The standard InChI is InChI=1S/C24H25N3O4/c1-13-4-2-3-5-19(28)26(20(29)8-13)17-10-16(25)11-18(12-17)27-23(30)21-14-6-7-15(9-14)22(21)24(27)31/h2,4,6-7,10-15,21-22H,3,5,8-9,25H2,1H3/b4-2-. The normalized spacial score (nSPS) is 33.5. The van der Waals surface area contributed by atoms with Gasteiger partial charge in [0.25, 0.3) is 0 Å². The Balaban J connectivity index is 1.51. The first-order valence-corrected chi connectivity index (χ1v) is 10.8. The highest BCUT2D eigenvalue weighted by molar-refractivity contribution is 6.23. The third-order valence-electron chi connectivity index (χ3n) is 6.90. The van der Waals surface area contributed by atoms with E-state index in [9.17, 15) is 19.2 Å². The molecule has 0 spiro atoms. The Bertz CT molecular complexity index is 1010. The van der Waals surface area contributed by atoms with Crippen LogP contribution in [0.4, 0.5) is 17.1 Å². The number of hydrogen-bond acceptors (Lipinski definition) is 5. The quantitative estimate of drug-likeness (QED) is 0.451. The molecule has 7 nitrogen and oxygen atoms in total. The molecule has 1 saturated heterocycles. The summed E-state index contributed by atoms with van der Waals surface area (Å²) in [5.74, 6) is -1.52. The van der Waals surface area contributed by atoms with Crippen LogP contribution in [0.1, 0.15) is 32.6 Å². The van der Waals surface area contributed by atoms with E-state index in [1.54, 1.807) is 18.2 Å². The maximum atomic E-state index is 13.2. The number of rotatable bonds is 2. The van der Waals surface area contributed by atoms with Crippen molar-refractivity contribution in [3.63, 3.8) is 0 Å². The molecule has 7 heteroatoms. The lowest BCUT2D eigenvalue weighted by Gasteiger charge is -2.24. The second-order valence-corrected chi connectivity index (χ2v) is 9.07. The fourth-order valence-corrected chi connectivity index (χ4v) is 5.54. The largest absolute Gasteiger partial charge is 0.399 e. The van der Waals surface area contributed by atoms with Gasteiger partial charge in [-0.2, -0.15) is 0 Å². The van der Waals surface area contributed by atoms with Crippen LogP contribution < -0.4 is 15.5 Å². The molecule has 2 heterocycles. The Kier molecular flexibility index (Phi) is 4.57. The van der Waals surface area contributed by atoms with E-state index in [1.165, 1.54) is 4.90 Å². The summed E-state index contributed by atoms with van der Waals surface area (Å²) >= 11 is 0. The van der Waals surface area contributed by atoms with E-state index in [1.807, 2.05) is 31.2 Å². The van der Waals surface area contributed by atoms with Crippen LogP contribution in [0.25, 0.3) is 0 Å². The number of allylic oxidation sites excluding steroid dienone is 4. The van der Waals surface area contributed by atoms with Crippen molar-refractivity contribution < 1.29 is 19.2 Å². The zero-order valence-electron chi connectivity index (χ0n) is 17.4. The molecule has 2 aliphatic heterocycles. The first-order valence-electron chi connectivity index (χ1n) is 10.8. The highest BCUT2D eigenvalue weighted by Crippen LogP contribution is 2.53. The predicted molar refractivity (Wildman–Crippen MR) is 116 cm³/mol. The van der Waals surface area contributed by atoms with E-state index in [-0.39, 0.29) is 71.7 Å². The molecule has 5 unspecified atom stereocenters. The van der Waals surface area contributed by atoms with Gasteiger partial charge in [-0.15, -0.1) is 0 Å². The lowest BCUT2D eigenvalue weighted by atomic mass is 9.85. The van der Waals surface area contributed by atoms with Gasteiger partial charge in [0.1, 0.15) is 0 Å². The number of nitrogens with two attached hydrogens (primary N) is 1. The van der Waals surface area contributed by atoms with Crippen LogP contribution >= 0.6 is 0 Å². The molecule has 31 heavy (non-hydrogen) atoms. The summed E-state index contributed by atoms with van der Waals surface area (Å²) in [7, 11) is 0. The Morgan fingerprint density at radius 1 is 0.839 bits per heavy atom. The second-order valence-electron chi connectivity index (χ2n) is 9.07. The van der Waals surface area contributed by atoms with Gasteiger partial charge in [0.15, 0.2) is 0 Å². The number of nitrogen functional groups attached to an aromatic ring is 1. The first kappa shape index (κ1) is 19.7. The van der Waals surface area contributed by atoms with Crippen molar-refractivity contribution in [1.29, 1.82) is 0 Å². The fraction of sp³-hybridized carbons (Fsp3) is 0.417. The fourth-order valence-electron chi connectivity index (χ4n) is 5.54. The molecule has 4 aliphatic rings. The Morgan fingerprint density at radius 2 is 1.45 bits per heavy atom. The highest BCUT2D eigenvalue weighted by atomic mass is 16.2. The van der Waals surface area contributed by atoms with Crippen LogP contribution in [0.5, 0.6) is 0 Å². The van der Waals surface area contributed by atoms with E-state index < -0.39 is 0 Å². The average molecular weight is 419 g/mol. The summed E-state index contributed by atoms with van der Waals surface area (Å²) in [6.45, 7) is 1.93. The van der Waals surface area contributed by atoms with Gasteiger partial charge in [0, 0.05) is 18.5 Å². The van der Waals surface area contributed by atoms with Crippen molar-refractivity contribution in [2.45, 2.75) is 32.6 Å². The number of amides is 4. The van der Waals surface area contributed by atoms with Crippen LogP contribution in [-0.2, 0) is 19.2 Å². The summed E-state index contributed by atoms with van der Waals surface area (Å²) in [4.78, 5) is 54.5. The molecule has 2 bridgehead atoms. The van der Waals surface area contributed by atoms with E-state index in [0.717, 1.165) is 11.3 Å². The molecule has 0 aromatic heterocycles. The molecule has 4 amide bonds. The SMILES string of the molecule is CC1/C=C\CCC(=O)N(c2cc(N)cc(N3C(=O)C4C5C=CC(C5)C4C3=O)c2)C(=O)C1. The zero-order chi connectivity index (χ0) is 21.9. The van der Waals surface area contributed by atoms with Gasteiger partial charge >= 0.3 is 0 Å². The number of imide groups is 2. The molecular weight excluding hydrogens is 394 g/mol. The molecule has 1 aromatic rings. The van der Waals surface area contributed by atoms with E-state index in [2.05, 4.69) is 0 Å². The Labute approximate surface area is 180 Å². The molecule has 160 valence electrons. The number of nitrogens with zero attached hydrogens (tertiary/aromatic N) is 2. The molecule has 2 N–H and O–H groups in total. The van der Waals surface area contributed by atoms with Gasteiger partial charge in [0.05, 0.1) is 23.2 Å². The third kappa shape index (κ3) is 3.10. The van der Waals surface area contributed by atoms with Crippen LogP contribution in [0.15, 0.2) is 42.5 Å². The van der Waals surface area contributed by atoms with Crippen LogP contribution in [0.3, 0.4) is 0 Å². The van der Waals surface area contributed by atoms with E-state index in [0.29, 0.717) is 17.8 Å². The molecule has 1 aromatic carbocycles. The number of carbonyl (C=O) groups is 4. The lowest BCUT2D eigenvalue weighted by molar-refractivity contribution is -0.127. The zero-order valence-corrected chi connectivity index (χ0v) is 17.4. The average Bonchev–Trinajstić information content (AvgIpc) is 3.38. The summed E-state index contributed by atoms with van der Waals surface area (Å²) in [5.41, 5.74) is 7.02. The molecule has 5 rings (SSSR count). The second kappa shape index (κ2) is 7.18. The van der Waals surface area contributed by atoms with Gasteiger partial charge in [-0.3, -0.25) is 24.1 Å². The van der Waals surface area contributed by atoms with Gasteiger partial charge in [-0.1, -0.05) is 31.2 Å². The van der Waals surface area contributed by atoms with Crippen LogP contribution in [0.2, 0.25) is 0 Å². The number of fused-ring (bicyclic) bond motifs is 5. The van der Waals surface area contributed by atoms with Crippen molar-refractivity contribution in [1.82, 2.24) is 0 Å². The Morgan fingerprint density at radius 3 is 2.10 bits per heavy atom. The molecular formula is C24H25N3O4. The summed E-state index contributed by atoms with van der Waals surface area (Å²) < 4.78 is 0. The third-order valence-corrected chi connectivity index (χ3v) is 6.90. The Hall–Kier alpha value is -3.22. The van der Waals surface area contributed by atoms with Gasteiger partial charge in [-0.25, -0.2) is 4.90 Å². The summed E-state index contributed by atoms with van der Waals surface area (Å²) in [5, 5.41) is 0. The number of anilines is 3. The number of hydrogen-bond donors (Lipinski definition) is 1. The number of benzene rings is 1. The minimum absolute atomic E-state index is 0.00511. The van der Waals surface area contributed by atoms with Crippen molar-refractivity contribution in [3.8, 4) is 0 Å².